The van der Waals surface area contributed by atoms with Gasteiger partial charge in [-0.25, -0.2) is 4.39 Å². The summed E-state index contributed by atoms with van der Waals surface area (Å²) in [5.74, 6) is 0. The first-order valence-electron chi connectivity index (χ1n) is 13.3. The minimum Gasteiger partial charge on any atom is -0.234 e. The van der Waals surface area contributed by atoms with Gasteiger partial charge in [-0.2, -0.15) is 0 Å². The molecule has 0 amide bonds. The van der Waals surface area contributed by atoms with Crippen molar-refractivity contribution in [3.8, 4) is 6.57 Å². The van der Waals surface area contributed by atoms with E-state index in [4.69, 9.17) is 0 Å². The first kappa shape index (κ1) is 38.7. The number of nitrogens with zero attached hydrogens (tertiary/aromatic N) is 1. The molecule has 0 aromatic heterocycles. The van der Waals surface area contributed by atoms with Crippen LogP contribution in [0.15, 0.2) is 36.5 Å². The largest absolute Gasteiger partial charge is 0.342 e. The predicted molar refractivity (Wildman–Crippen MR) is 156 cm³/mol. The molecular weight excluding hydrogens is 404 g/mol. The summed E-state index contributed by atoms with van der Waals surface area (Å²) in [7, 11) is 0. The Bertz CT molecular complexity index is 593. The fraction of sp³-hybridized carbons (Fsp3) is 0.700. The van der Waals surface area contributed by atoms with E-state index in [1.807, 2.05) is 55.4 Å². The topological polar surface area (TPSA) is 4.36 Å². The molecule has 192 valence electrons. The van der Waals surface area contributed by atoms with E-state index >= 15 is 0 Å². The van der Waals surface area contributed by atoms with Crippen LogP contribution in [0.3, 0.4) is 0 Å². The van der Waals surface area contributed by atoms with Gasteiger partial charge in [0.1, 0.15) is 6.71 Å². The molecule has 0 bridgehead atoms. The van der Waals surface area contributed by atoms with Crippen molar-refractivity contribution in [2.24, 2.45) is 10.8 Å². The lowest BCUT2D eigenvalue weighted by molar-refractivity contribution is 0.177. The fourth-order valence-electron chi connectivity index (χ4n) is 3.56. The van der Waals surface area contributed by atoms with E-state index in [1.54, 1.807) is 0 Å². The number of allylic oxidation sites excluding steroid dienone is 1. The number of rotatable bonds is 4. The first-order chi connectivity index (χ1) is 15.5. The minimum atomic E-state index is -1.12. The third-order valence-electron chi connectivity index (χ3n) is 6.01. The van der Waals surface area contributed by atoms with Gasteiger partial charge in [-0.05, 0) is 47.5 Å². The van der Waals surface area contributed by atoms with Gasteiger partial charge in [-0.15, -0.1) is 0 Å². The van der Waals surface area contributed by atoms with Crippen LogP contribution < -0.4 is 0 Å². The zero-order chi connectivity index (χ0) is 27.3. The van der Waals surface area contributed by atoms with Gasteiger partial charge in [0.25, 0.3) is 6.57 Å². The molecule has 1 aromatic rings. The van der Waals surface area contributed by atoms with Crippen LogP contribution in [0.1, 0.15) is 108 Å². The number of hydrogen-bond donors (Lipinski definition) is 0. The van der Waals surface area contributed by atoms with Gasteiger partial charge in [-0.1, -0.05) is 132 Å². The normalized spacial score (nSPS) is 14.9. The van der Waals surface area contributed by atoms with Gasteiger partial charge in [0.05, 0.1) is 0 Å². The van der Waals surface area contributed by atoms with E-state index in [9.17, 15) is 4.39 Å². The molecule has 1 nitrogen and oxygen atoms in total. The average molecular weight is 463 g/mol. The average Bonchev–Trinajstić information content (AvgIpc) is 3.04. The van der Waals surface area contributed by atoms with Crippen LogP contribution in [-0.4, -0.2) is 12.9 Å². The highest BCUT2D eigenvalue weighted by Gasteiger charge is 2.47. The van der Waals surface area contributed by atoms with E-state index in [1.165, 1.54) is 37.0 Å². The monoisotopic (exact) mass is 462 g/mol. The number of hydrogen-bond acceptors (Lipinski definition) is 0. The van der Waals surface area contributed by atoms with Gasteiger partial charge in [0, 0.05) is 0 Å². The van der Waals surface area contributed by atoms with E-state index < -0.39 is 6.17 Å². The van der Waals surface area contributed by atoms with Gasteiger partial charge in [0.15, 0.2) is 6.17 Å². The molecule has 0 spiro atoms. The summed E-state index contributed by atoms with van der Waals surface area (Å²) < 4.78 is 11.8. The summed E-state index contributed by atoms with van der Waals surface area (Å²) in [6.07, 6.45) is 4.02. The van der Waals surface area contributed by atoms with Crippen molar-refractivity contribution in [3.63, 3.8) is 0 Å². The minimum absolute atomic E-state index is 0.0833. The Morgan fingerprint density at radius 1 is 0.909 bits per heavy atom. The van der Waals surface area contributed by atoms with E-state index in [2.05, 4.69) is 76.9 Å². The Labute approximate surface area is 209 Å². The zero-order valence-corrected chi connectivity index (χ0v) is 24.9. The quantitative estimate of drug-likeness (QED) is 0.392. The summed E-state index contributed by atoms with van der Waals surface area (Å²) in [5, 5.41) is 0. The second kappa shape index (κ2) is 22.2. The Morgan fingerprint density at radius 3 is 1.48 bits per heavy atom. The Hall–Kier alpha value is -1.56. The molecule has 1 atom stereocenters. The Kier molecular flexibility index (Phi) is 26.1. The SMILES string of the molecule is C#[N+]C(=C)C(C)F.CC.CC.CC.CC.CCc1ccc(CB2CC(C)(C)C(C)(C)C2)cc1. The molecule has 2 rings (SSSR count). The summed E-state index contributed by atoms with van der Waals surface area (Å²) >= 11 is 0. The molecule has 3 heteroatoms. The smallest absolute Gasteiger partial charge is 0.234 e. The molecule has 1 saturated heterocycles. The third-order valence-corrected chi connectivity index (χ3v) is 6.01. The highest BCUT2D eigenvalue weighted by molar-refractivity contribution is 6.59. The maximum Gasteiger partial charge on any atom is 0.342 e. The van der Waals surface area contributed by atoms with Crippen LogP contribution in [0.25, 0.3) is 4.85 Å². The van der Waals surface area contributed by atoms with Crippen molar-refractivity contribution in [1.29, 1.82) is 0 Å². The molecule has 1 aliphatic heterocycles. The molecule has 0 N–H and O–H groups in total. The molecule has 0 radical (unpaired) electrons. The predicted octanol–water partition coefficient (Wildman–Crippen LogP) is 10.8. The number of benzene rings is 1. The molecule has 33 heavy (non-hydrogen) atoms. The lowest BCUT2D eigenvalue weighted by Gasteiger charge is -2.35. The van der Waals surface area contributed by atoms with Crippen molar-refractivity contribution >= 4 is 6.71 Å². The fourth-order valence-corrected chi connectivity index (χ4v) is 3.56. The van der Waals surface area contributed by atoms with Crippen LogP contribution in [0.4, 0.5) is 4.39 Å². The van der Waals surface area contributed by atoms with Crippen molar-refractivity contribution in [1.82, 2.24) is 0 Å². The van der Waals surface area contributed by atoms with Gasteiger partial charge in [0.2, 0.25) is 0 Å². The van der Waals surface area contributed by atoms with Crippen LogP contribution >= 0.6 is 0 Å². The van der Waals surface area contributed by atoms with Gasteiger partial charge < -0.3 is 0 Å². The van der Waals surface area contributed by atoms with Crippen molar-refractivity contribution in [2.45, 2.75) is 128 Å². The lowest BCUT2D eigenvalue weighted by atomic mass is 9.43. The summed E-state index contributed by atoms with van der Waals surface area (Å²) in [5.41, 5.74) is 4.03. The maximum atomic E-state index is 11.8. The molecule has 0 aliphatic carbocycles. The van der Waals surface area contributed by atoms with Crippen LogP contribution in [0.2, 0.25) is 12.6 Å². The van der Waals surface area contributed by atoms with E-state index in [0.717, 1.165) is 13.1 Å². The van der Waals surface area contributed by atoms with Gasteiger partial charge >= 0.3 is 5.70 Å². The summed E-state index contributed by atoms with van der Waals surface area (Å²) in [6.45, 7) is 38.0. The number of alkyl halides is 1. The summed E-state index contributed by atoms with van der Waals surface area (Å²) in [6, 6.07) is 9.25. The Morgan fingerprint density at radius 2 is 1.24 bits per heavy atom. The first-order valence-corrected chi connectivity index (χ1v) is 13.3. The number of halogens is 1. The van der Waals surface area contributed by atoms with Crippen LogP contribution in [0, 0.1) is 17.4 Å². The third kappa shape index (κ3) is 15.8. The molecule has 1 aromatic carbocycles. The second-order valence-electron chi connectivity index (χ2n) is 8.65. The maximum absolute atomic E-state index is 11.8. The van der Waals surface area contributed by atoms with E-state index in [-0.39, 0.29) is 5.70 Å². The molecule has 1 unspecified atom stereocenters. The second-order valence-corrected chi connectivity index (χ2v) is 8.65. The summed E-state index contributed by atoms with van der Waals surface area (Å²) in [4.78, 5) is 3.02. The van der Waals surface area contributed by atoms with E-state index in [0.29, 0.717) is 10.8 Å². The standard InChI is InChI=1S/C17H27B.C5H7FN.4C2H6/c1-6-14-7-9-15(10-8-14)11-18-12-16(2,3)17(4,5)13-18;1-4(6)5(2)7-3;4*1-2/h7-10H,6,11-13H2,1-5H3;3-4H,2H2,1H3;4*1-2H3/q;+1;;;;. The molecule has 1 aliphatic rings. The zero-order valence-electron chi connectivity index (χ0n) is 24.9. The Balaban J connectivity index is -0.000000236. The van der Waals surface area contributed by atoms with Crippen LogP contribution in [0.5, 0.6) is 0 Å². The van der Waals surface area contributed by atoms with Crippen molar-refractivity contribution in [3.05, 3.63) is 52.5 Å². The van der Waals surface area contributed by atoms with Crippen LogP contribution in [-0.2, 0) is 12.7 Å². The highest BCUT2D eigenvalue weighted by atomic mass is 19.1. The molecule has 0 saturated carbocycles. The van der Waals surface area contributed by atoms with Gasteiger partial charge in [-0.3, -0.25) is 0 Å². The van der Waals surface area contributed by atoms with Crippen molar-refractivity contribution in [2.75, 3.05) is 0 Å². The lowest BCUT2D eigenvalue weighted by Crippen LogP contribution is -2.24. The van der Waals surface area contributed by atoms with Crippen molar-refractivity contribution < 1.29 is 4.39 Å². The molecule has 1 heterocycles. The highest BCUT2D eigenvalue weighted by Crippen LogP contribution is 2.53. The molecule has 1 fully saturated rings. The molecular formula is C30H58BFN+. The number of aryl methyl sites for hydroxylation is 1.